The van der Waals surface area contributed by atoms with Crippen LogP contribution in [0.3, 0.4) is 0 Å². The smallest absolute Gasteiger partial charge is 0.0462 e. The van der Waals surface area contributed by atoms with E-state index in [0.717, 1.165) is 34.8 Å². The summed E-state index contributed by atoms with van der Waals surface area (Å²) in [6, 6.07) is 71.9. The Bertz CT molecular complexity index is 2590. The Hall–Kier alpha value is -6.18. The molecular weight excluding hydrogens is 699 g/mol. The van der Waals surface area contributed by atoms with E-state index in [2.05, 4.69) is 199 Å². The van der Waals surface area contributed by atoms with Gasteiger partial charge in [-0.05, 0) is 171 Å². The van der Waals surface area contributed by atoms with Gasteiger partial charge in [-0.3, -0.25) is 0 Å². The van der Waals surface area contributed by atoms with Crippen molar-refractivity contribution < 1.29 is 0 Å². The van der Waals surface area contributed by atoms with Gasteiger partial charge >= 0.3 is 0 Å². The van der Waals surface area contributed by atoms with Gasteiger partial charge in [-0.25, -0.2) is 0 Å². The topological polar surface area (TPSA) is 3.24 Å². The molecule has 0 saturated heterocycles. The minimum Gasteiger partial charge on any atom is -0.311 e. The summed E-state index contributed by atoms with van der Waals surface area (Å²) in [5.74, 6) is 2.85. The van der Waals surface area contributed by atoms with Gasteiger partial charge in [-0.1, -0.05) is 152 Å². The van der Waals surface area contributed by atoms with Gasteiger partial charge in [0.15, 0.2) is 0 Å². The molecule has 3 fully saturated rings. The zero-order chi connectivity index (χ0) is 38.5. The highest BCUT2D eigenvalue weighted by molar-refractivity contribution is 5.97. The summed E-state index contributed by atoms with van der Waals surface area (Å²) in [4.78, 5) is 2.37. The van der Waals surface area contributed by atoms with Crippen molar-refractivity contribution in [2.75, 3.05) is 4.90 Å². The normalized spacial score (nSPS) is 20.9. The lowest BCUT2D eigenvalue weighted by Gasteiger charge is -2.55. The first kappa shape index (κ1) is 35.0. The first-order valence-electron chi connectivity index (χ1n) is 21.5. The SMILES string of the molecule is c1ccc(-c2ccc(N(c3ccc(-c4ccccc4)cc3)c3ccc(-c4cc5ccc(C67CCC8CCC(CC8C6)C7)cc5cc4-c4ccccc4)cc3)cc2)cc1. The second kappa shape index (κ2) is 14.6. The molecule has 8 aromatic carbocycles. The summed E-state index contributed by atoms with van der Waals surface area (Å²) in [6.07, 6.45) is 10.0. The van der Waals surface area contributed by atoms with E-state index in [1.165, 1.54) is 100 Å². The molecule has 4 atom stereocenters. The van der Waals surface area contributed by atoms with E-state index in [-0.39, 0.29) is 0 Å². The van der Waals surface area contributed by atoms with Crippen LogP contribution in [0.15, 0.2) is 194 Å². The van der Waals surface area contributed by atoms with Crippen LogP contribution in [0.5, 0.6) is 0 Å². The number of hydrogen-bond donors (Lipinski definition) is 0. The molecule has 3 saturated carbocycles. The first-order valence-corrected chi connectivity index (χ1v) is 21.5. The number of hydrogen-bond acceptors (Lipinski definition) is 1. The largest absolute Gasteiger partial charge is 0.311 e. The fraction of sp³-hybridized carbons (Fsp3) is 0.193. The van der Waals surface area contributed by atoms with Gasteiger partial charge in [0.2, 0.25) is 0 Å². The lowest BCUT2D eigenvalue weighted by Crippen LogP contribution is -2.46. The van der Waals surface area contributed by atoms with Crippen molar-refractivity contribution in [1.82, 2.24) is 0 Å². The van der Waals surface area contributed by atoms with Gasteiger partial charge in [-0.15, -0.1) is 0 Å². The Labute approximate surface area is 343 Å². The third-order valence-electron chi connectivity index (χ3n) is 14.2. The Morgan fingerprint density at radius 2 is 0.862 bits per heavy atom. The maximum Gasteiger partial charge on any atom is 0.0462 e. The van der Waals surface area contributed by atoms with Crippen LogP contribution in [0.4, 0.5) is 17.1 Å². The van der Waals surface area contributed by atoms with Crippen molar-refractivity contribution in [1.29, 1.82) is 0 Å². The third-order valence-corrected chi connectivity index (χ3v) is 14.2. The number of nitrogens with zero attached hydrogens (tertiary/aromatic N) is 1. The fourth-order valence-corrected chi connectivity index (χ4v) is 11.3. The van der Waals surface area contributed by atoms with Crippen LogP contribution in [-0.4, -0.2) is 0 Å². The molecule has 0 spiro atoms. The second-order valence-electron chi connectivity index (χ2n) is 17.5. The highest BCUT2D eigenvalue weighted by Gasteiger charge is 2.49. The van der Waals surface area contributed by atoms with Crippen molar-refractivity contribution in [2.45, 2.75) is 50.4 Å². The maximum atomic E-state index is 2.58. The molecule has 4 unspecified atom stereocenters. The predicted octanol–water partition coefficient (Wildman–Crippen LogP) is 15.8. The Morgan fingerprint density at radius 3 is 1.43 bits per heavy atom. The van der Waals surface area contributed by atoms with Crippen LogP contribution in [0.1, 0.15) is 50.5 Å². The van der Waals surface area contributed by atoms with E-state index >= 15 is 0 Å². The van der Waals surface area contributed by atoms with Crippen LogP contribution in [0.2, 0.25) is 0 Å². The third kappa shape index (κ3) is 6.44. The molecule has 8 aromatic rings. The Kier molecular flexibility index (Phi) is 8.84. The van der Waals surface area contributed by atoms with Gasteiger partial charge in [0.25, 0.3) is 0 Å². The molecule has 0 amide bonds. The van der Waals surface area contributed by atoms with E-state index < -0.39 is 0 Å². The fourth-order valence-electron chi connectivity index (χ4n) is 11.3. The Morgan fingerprint density at radius 1 is 0.379 bits per heavy atom. The number of rotatable bonds is 8. The van der Waals surface area contributed by atoms with Crippen molar-refractivity contribution in [3.05, 3.63) is 200 Å². The van der Waals surface area contributed by atoms with Crippen LogP contribution in [0, 0.1) is 17.8 Å². The molecule has 1 nitrogen and oxygen atoms in total. The number of anilines is 3. The molecule has 3 bridgehead atoms. The average Bonchev–Trinajstić information content (AvgIpc) is 3.29. The van der Waals surface area contributed by atoms with Crippen LogP contribution in [0.25, 0.3) is 55.3 Å². The molecule has 282 valence electrons. The molecular formula is C57H49N. The van der Waals surface area contributed by atoms with E-state index in [0.29, 0.717) is 5.41 Å². The molecule has 0 heterocycles. The highest BCUT2D eigenvalue weighted by Crippen LogP contribution is 2.59. The molecule has 0 aromatic heterocycles. The van der Waals surface area contributed by atoms with Gasteiger partial charge in [0.1, 0.15) is 0 Å². The zero-order valence-corrected chi connectivity index (χ0v) is 33.1. The molecule has 0 aliphatic heterocycles. The van der Waals surface area contributed by atoms with Crippen molar-refractivity contribution in [3.63, 3.8) is 0 Å². The number of fused-ring (bicyclic) bond motifs is 3. The molecule has 0 N–H and O–H groups in total. The van der Waals surface area contributed by atoms with Gasteiger partial charge in [0, 0.05) is 17.1 Å². The molecule has 3 aliphatic rings. The summed E-state index contributed by atoms with van der Waals surface area (Å²) in [5, 5.41) is 2.69. The average molecular weight is 748 g/mol. The van der Waals surface area contributed by atoms with E-state index in [9.17, 15) is 0 Å². The van der Waals surface area contributed by atoms with Crippen molar-refractivity contribution >= 4 is 27.8 Å². The molecule has 11 rings (SSSR count). The lowest BCUT2D eigenvalue weighted by atomic mass is 9.50. The van der Waals surface area contributed by atoms with E-state index in [1.54, 1.807) is 5.56 Å². The first-order chi connectivity index (χ1) is 28.7. The molecule has 0 radical (unpaired) electrons. The quantitative estimate of drug-likeness (QED) is 0.150. The summed E-state index contributed by atoms with van der Waals surface area (Å²) in [7, 11) is 0. The summed E-state index contributed by atoms with van der Waals surface area (Å²) >= 11 is 0. The molecule has 1 heteroatoms. The molecule has 58 heavy (non-hydrogen) atoms. The Balaban J connectivity index is 0.974. The van der Waals surface area contributed by atoms with Crippen LogP contribution < -0.4 is 4.90 Å². The van der Waals surface area contributed by atoms with Gasteiger partial charge in [-0.2, -0.15) is 0 Å². The highest BCUT2D eigenvalue weighted by atomic mass is 15.1. The van der Waals surface area contributed by atoms with Crippen LogP contribution in [-0.2, 0) is 5.41 Å². The van der Waals surface area contributed by atoms with Gasteiger partial charge < -0.3 is 4.90 Å². The zero-order valence-electron chi connectivity index (χ0n) is 33.1. The van der Waals surface area contributed by atoms with Gasteiger partial charge in [0.05, 0.1) is 0 Å². The lowest BCUT2D eigenvalue weighted by molar-refractivity contribution is 0.00969. The number of benzene rings is 8. The summed E-state index contributed by atoms with van der Waals surface area (Å²) < 4.78 is 0. The van der Waals surface area contributed by atoms with E-state index in [1.807, 2.05) is 0 Å². The monoisotopic (exact) mass is 747 g/mol. The van der Waals surface area contributed by atoms with E-state index in [4.69, 9.17) is 0 Å². The standard InChI is InChI=1S/C57H49N/c1-4-10-41(11-5-1)43-19-26-52(27-20-43)58(53-28-21-44(22-29-53)42-12-6-2-7-13-42)54-30-23-47(24-31-54)55-36-48-18-25-51(35-49(48)37-56(55)46-14-8-3-9-15-46)57-33-32-45-17-16-40(38-57)34-50(45)39-57/h1-15,18-31,35-37,40,45,50H,16-17,32-34,38-39H2. The molecule has 3 aliphatic carbocycles. The van der Waals surface area contributed by atoms with Crippen LogP contribution >= 0.6 is 0 Å². The summed E-state index contributed by atoms with van der Waals surface area (Å²) in [5.41, 5.74) is 15.3. The van der Waals surface area contributed by atoms with Crippen molar-refractivity contribution in [2.24, 2.45) is 17.8 Å². The minimum atomic E-state index is 0.371. The summed E-state index contributed by atoms with van der Waals surface area (Å²) in [6.45, 7) is 0. The van der Waals surface area contributed by atoms with Crippen molar-refractivity contribution in [3.8, 4) is 44.5 Å². The second-order valence-corrected chi connectivity index (χ2v) is 17.5. The predicted molar refractivity (Wildman–Crippen MR) is 245 cm³/mol. The minimum absolute atomic E-state index is 0.371. The maximum absolute atomic E-state index is 2.58.